The SMILES string of the molecule is COc1c(C#Cc2ccc(NS(C)(=O)=O)cc2C(F)(F)F)cc(N2CCC(=O)NC2=O)cc1C(C)(C)C. The number of ether oxygens (including phenoxy) is 1. The Hall–Kier alpha value is -3.72. The summed E-state index contributed by atoms with van der Waals surface area (Å²) in [6, 6.07) is 5.56. The maximum absolute atomic E-state index is 13.8. The van der Waals surface area contributed by atoms with Crippen molar-refractivity contribution in [1.82, 2.24) is 5.32 Å². The van der Waals surface area contributed by atoms with Crippen molar-refractivity contribution in [2.75, 3.05) is 29.5 Å². The second-order valence-electron chi connectivity index (χ2n) is 9.46. The van der Waals surface area contributed by atoms with E-state index >= 15 is 0 Å². The van der Waals surface area contributed by atoms with Crippen LogP contribution in [-0.4, -0.2) is 40.3 Å². The number of carbonyl (C=O) groups excluding carboxylic acids is 2. The molecule has 3 amide bonds. The van der Waals surface area contributed by atoms with Gasteiger partial charge in [0.2, 0.25) is 15.9 Å². The minimum absolute atomic E-state index is 0.0897. The molecule has 0 unspecified atom stereocenters. The Bertz CT molecular complexity index is 1420. The quantitative estimate of drug-likeness (QED) is 0.568. The number of carbonyl (C=O) groups is 2. The molecule has 2 N–H and O–H groups in total. The highest BCUT2D eigenvalue weighted by Gasteiger charge is 2.34. The maximum atomic E-state index is 13.8. The van der Waals surface area contributed by atoms with Gasteiger partial charge in [-0.15, -0.1) is 0 Å². The molecule has 198 valence electrons. The number of hydrogen-bond acceptors (Lipinski definition) is 5. The lowest BCUT2D eigenvalue weighted by Gasteiger charge is -2.30. The van der Waals surface area contributed by atoms with Gasteiger partial charge in [0.15, 0.2) is 0 Å². The molecule has 0 spiro atoms. The van der Waals surface area contributed by atoms with Crippen LogP contribution in [0.4, 0.5) is 29.3 Å². The number of halogens is 3. The Balaban J connectivity index is 2.18. The highest BCUT2D eigenvalue weighted by molar-refractivity contribution is 7.92. The standard InChI is InChI=1S/C25H26F3N3O5S/c1-24(2,3)20-14-18(31-11-10-21(32)29-23(31)33)12-16(22(20)36-4)7-6-15-8-9-17(30-37(5,34)35)13-19(15)25(26,27)28/h8-9,12-14,30H,10-11H2,1-5H3,(H,29,32,33). The molecule has 1 heterocycles. The zero-order valence-corrected chi connectivity index (χ0v) is 21.6. The van der Waals surface area contributed by atoms with E-state index in [0.717, 1.165) is 12.3 Å². The van der Waals surface area contributed by atoms with Crippen molar-refractivity contribution < 1.29 is 35.9 Å². The van der Waals surface area contributed by atoms with Crippen molar-refractivity contribution >= 4 is 33.3 Å². The molecule has 0 atom stereocenters. The van der Waals surface area contributed by atoms with Gasteiger partial charge in [-0.05, 0) is 35.7 Å². The Labute approximate surface area is 213 Å². The van der Waals surface area contributed by atoms with Crippen LogP contribution >= 0.6 is 0 Å². The monoisotopic (exact) mass is 537 g/mol. The average molecular weight is 538 g/mol. The fraction of sp³-hybridized carbons (Fsp3) is 0.360. The van der Waals surface area contributed by atoms with Gasteiger partial charge >= 0.3 is 12.2 Å². The van der Waals surface area contributed by atoms with Gasteiger partial charge in [0.05, 0.1) is 24.5 Å². The van der Waals surface area contributed by atoms with Crippen LogP contribution in [0.15, 0.2) is 30.3 Å². The number of anilines is 2. The van der Waals surface area contributed by atoms with Crippen LogP contribution in [0.25, 0.3) is 0 Å². The first-order valence-electron chi connectivity index (χ1n) is 11.0. The van der Waals surface area contributed by atoms with E-state index in [-0.39, 0.29) is 29.8 Å². The molecule has 1 fully saturated rings. The van der Waals surface area contributed by atoms with Gasteiger partial charge < -0.3 is 4.74 Å². The number of amides is 3. The third-order valence-corrected chi connectivity index (χ3v) is 6.02. The highest BCUT2D eigenvalue weighted by Crippen LogP contribution is 2.38. The van der Waals surface area contributed by atoms with Gasteiger partial charge in [0, 0.05) is 35.5 Å². The fourth-order valence-corrected chi connectivity index (χ4v) is 4.30. The Morgan fingerprint density at radius 3 is 2.22 bits per heavy atom. The van der Waals surface area contributed by atoms with E-state index in [2.05, 4.69) is 17.2 Å². The van der Waals surface area contributed by atoms with Gasteiger partial charge in [0.1, 0.15) is 5.75 Å². The minimum atomic E-state index is -4.81. The Morgan fingerprint density at radius 2 is 1.68 bits per heavy atom. The summed E-state index contributed by atoms with van der Waals surface area (Å²) in [5, 5.41) is 2.24. The molecule has 1 aliphatic heterocycles. The first kappa shape index (κ1) is 27.9. The lowest BCUT2D eigenvalue weighted by atomic mass is 9.84. The lowest BCUT2D eigenvalue weighted by molar-refractivity contribution is -0.137. The van der Waals surface area contributed by atoms with E-state index in [1.54, 1.807) is 6.07 Å². The molecule has 3 rings (SSSR count). The maximum Gasteiger partial charge on any atom is 0.417 e. The molecule has 2 aromatic carbocycles. The van der Waals surface area contributed by atoms with Crippen LogP contribution in [-0.2, 0) is 26.4 Å². The summed E-state index contributed by atoms with van der Waals surface area (Å²) in [5.41, 5.74) is -0.933. The number of methoxy groups -OCH3 is 1. The molecular weight excluding hydrogens is 511 g/mol. The number of benzene rings is 2. The fourth-order valence-electron chi connectivity index (χ4n) is 3.75. The largest absolute Gasteiger partial charge is 0.495 e. The summed E-state index contributed by atoms with van der Waals surface area (Å²) in [6.07, 6.45) is -3.88. The third-order valence-electron chi connectivity index (χ3n) is 5.41. The highest BCUT2D eigenvalue weighted by atomic mass is 32.2. The number of imide groups is 1. The van der Waals surface area contributed by atoms with E-state index in [0.29, 0.717) is 23.1 Å². The molecule has 0 radical (unpaired) electrons. The first-order valence-corrected chi connectivity index (χ1v) is 12.9. The second kappa shape index (κ2) is 9.97. The van der Waals surface area contributed by atoms with E-state index in [9.17, 15) is 31.2 Å². The summed E-state index contributed by atoms with van der Waals surface area (Å²) in [7, 11) is -2.38. The molecule has 0 saturated carbocycles. The second-order valence-corrected chi connectivity index (χ2v) is 11.2. The summed E-state index contributed by atoms with van der Waals surface area (Å²) < 4.78 is 71.9. The average Bonchev–Trinajstić information content (AvgIpc) is 2.75. The normalized spacial score (nSPS) is 14.5. The lowest BCUT2D eigenvalue weighted by Crippen LogP contribution is -2.49. The smallest absolute Gasteiger partial charge is 0.417 e. The number of rotatable bonds is 4. The third kappa shape index (κ3) is 6.74. The van der Waals surface area contributed by atoms with Crippen molar-refractivity contribution in [3.05, 3.63) is 52.6 Å². The van der Waals surface area contributed by atoms with E-state index < -0.39 is 39.1 Å². The number of nitrogens with one attached hydrogen (secondary N) is 2. The summed E-state index contributed by atoms with van der Waals surface area (Å²) in [4.78, 5) is 25.4. The predicted molar refractivity (Wildman–Crippen MR) is 133 cm³/mol. The van der Waals surface area contributed by atoms with Crippen LogP contribution in [0.2, 0.25) is 0 Å². The molecule has 1 saturated heterocycles. The summed E-state index contributed by atoms with van der Waals surface area (Å²) in [6.45, 7) is 5.84. The Kier molecular flexibility index (Phi) is 7.51. The van der Waals surface area contributed by atoms with Crippen molar-refractivity contribution in [2.24, 2.45) is 0 Å². The zero-order chi connectivity index (χ0) is 27.8. The van der Waals surface area contributed by atoms with E-state index in [1.165, 1.54) is 24.1 Å². The van der Waals surface area contributed by atoms with Gasteiger partial charge in [-0.1, -0.05) is 32.6 Å². The number of alkyl halides is 3. The number of urea groups is 1. The molecule has 8 nitrogen and oxygen atoms in total. The van der Waals surface area contributed by atoms with Crippen LogP contribution in [0.1, 0.15) is 49.4 Å². The van der Waals surface area contributed by atoms with Gasteiger partial charge in [0.25, 0.3) is 0 Å². The number of sulfonamides is 1. The van der Waals surface area contributed by atoms with Gasteiger partial charge in [-0.25, -0.2) is 13.2 Å². The van der Waals surface area contributed by atoms with Crippen LogP contribution in [0.3, 0.4) is 0 Å². The first-order chi connectivity index (χ1) is 17.0. The topological polar surface area (TPSA) is 105 Å². The van der Waals surface area contributed by atoms with E-state index in [1.807, 2.05) is 25.5 Å². The minimum Gasteiger partial charge on any atom is -0.495 e. The molecule has 37 heavy (non-hydrogen) atoms. The molecular formula is C25H26F3N3O5S. The van der Waals surface area contributed by atoms with Gasteiger partial charge in [-0.2, -0.15) is 13.2 Å². The summed E-state index contributed by atoms with van der Waals surface area (Å²) in [5.74, 6) is 5.20. The van der Waals surface area contributed by atoms with Gasteiger partial charge in [-0.3, -0.25) is 19.7 Å². The van der Waals surface area contributed by atoms with Crippen molar-refractivity contribution in [3.8, 4) is 17.6 Å². The van der Waals surface area contributed by atoms with Crippen molar-refractivity contribution in [1.29, 1.82) is 0 Å². The van der Waals surface area contributed by atoms with E-state index in [4.69, 9.17) is 4.74 Å². The summed E-state index contributed by atoms with van der Waals surface area (Å²) >= 11 is 0. The Morgan fingerprint density at radius 1 is 1.03 bits per heavy atom. The van der Waals surface area contributed by atoms with Crippen molar-refractivity contribution in [3.63, 3.8) is 0 Å². The molecule has 2 aromatic rings. The molecule has 1 aliphatic rings. The molecule has 0 aliphatic carbocycles. The van der Waals surface area contributed by atoms with Crippen LogP contribution < -0.4 is 19.7 Å². The van der Waals surface area contributed by atoms with Crippen LogP contribution in [0, 0.1) is 11.8 Å². The molecule has 0 bridgehead atoms. The number of nitrogens with zero attached hydrogens (tertiary/aromatic N) is 1. The van der Waals surface area contributed by atoms with Crippen LogP contribution in [0.5, 0.6) is 5.75 Å². The molecule has 12 heteroatoms. The predicted octanol–water partition coefficient (Wildman–Crippen LogP) is 4.23. The zero-order valence-electron chi connectivity index (χ0n) is 20.8. The van der Waals surface area contributed by atoms with Crippen molar-refractivity contribution in [2.45, 2.75) is 38.8 Å². The number of hydrogen-bond donors (Lipinski definition) is 2. The molecule has 0 aromatic heterocycles.